The van der Waals surface area contributed by atoms with E-state index in [-0.39, 0.29) is 0 Å². The Bertz CT molecular complexity index is 637. The van der Waals surface area contributed by atoms with Gasteiger partial charge in [-0.2, -0.15) is 4.98 Å². The van der Waals surface area contributed by atoms with Crippen LogP contribution in [0.25, 0.3) is 11.4 Å². The van der Waals surface area contributed by atoms with E-state index in [2.05, 4.69) is 10.1 Å². The molecule has 2 aliphatic rings. The van der Waals surface area contributed by atoms with E-state index in [9.17, 15) is 0 Å². The molecule has 2 fully saturated rings. The standard InChI is InChI=1S/C16H19N3O2/c1-20-8-9-2-4-10(5-3-9)15-18-16(21-19-15)13-7-14(17)12-6-11(12)13/h2-5,11-14H,6-8,17H2,1H3/t11-,12+,13-,14+/m1/s1. The quantitative estimate of drug-likeness (QED) is 0.933. The molecule has 2 aromatic rings. The highest BCUT2D eigenvalue weighted by Crippen LogP contribution is 2.58. The van der Waals surface area contributed by atoms with Crippen molar-refractivity contribution in [1.82, 2.24) is 10.1 Å². The molecular formula is C16H19N3O2. The lowest BCUT2D eigenvalue weighted by molar-refractivity contribution is 0.185. The Morgan fingerprint density at radius 3 is 2.67 bits per heavy atom. The predicted octanol–water partition coefficient (Wildman–Crippen LogP) is 2.33. The monoisotopic (exact) mass is 285 g/mol. The van der Waals surface area contributed by atoms with E-state index in [0.29, 0.717) is 36.2 Å². The molecule has 1 aromatic heterocycles. The van der Waals surface area contributed by atoms with Crippen molar-refractivity contribution in [2.75, 3.05) is 7.11 Å². The molecule has 4 rings (SSSR count). The SMILES string of the molecule is COCc1ccc(-c2noc([C@@H]3C[C@H](N)[C@H]4C[C@H]43)n2)cc1. The number of hydrogen-bond acceptors (Lipinski definition) is 5. The number of fused-ring (bicyclic) bond motifs is 1. The van der Waals surface area contributed by atoms with Crippen LogP contribution in [0.15, 0.2) is 28.8 Å². The number of nitrogens with two attached hydrogens (primary N) is 1. The molecular weight excluding hydrogens is 266 g/mol. The molecule has 5 nitrogen and oxygen atoms in total. The van der Waals surface area contributed by atoms with E-state index in [1.54, 1.807) is 7.11 Å². The number of methoxy groups -OCH3 is 1. The molecule has 0 saturated heterocycles. The lowest BCUT2D eigenvalue weighted by atomic mass is 10.0. The smallest absolute Gasteiger partial charge is 0.230 e. The van der Waals surface area contributed by atoms with Crippen molar-refractivity contribution in [3.8, 4) is 11.4 Å². The van der Waals surface area contributed by atoms with Crippen molar-refractivity contribution in [3.63, 3.8) is 0 Å². The molecule has 0 bridgehead atoms. The van der Waals surface area contributed by atoms with Gasteiger partial charge in [0.05, 0.1) is 6.61 Å². The van der Waals surface area contributed by atoms with Crippen LogP contribution >= 0.6 is 0 Å². The van der Waals surface area contributed by atoms with Gasteiger partial charge in [0, 0.05) is 24.6 Å². The van der Waals surface area contributed by atoms with Gasteiger partial charge in [-0.3, -0.25) is 0 Å². The van der Waals surface area contributed by atoms with E-state index < -0.39 is 0 Å². The minimum absolute atomic E-state index is 0.309. The first-order chi connectivity index (χ1) is 10.3. The Hall–Kier alpha value is -1.72. The molecule has 0 radical (unpaired) electrons. The first kappa shape index (κ1) is 13.0. The molecule has 0 unspecified atom stereocenters. The zero-order chi connectivity index (χ0) is 14.4. The van der Waals surface area contributed by atoms with Crippen LogP contribution in [0.5, 0.6) is 0 Å². The third kappa shape index (κ3) is 2.26. The molecule has 4 atom stereocenters. The maximum Gasteiger partial charge on any atom is 0.230 e. The Labute approximate surface area is 123 Å². The van der Waals surface area contributed by atoms with E-state index in [1.165, 1.54) is 6.42 Å². The summed E-state index contributed by atoms with van der Waals surface area (Å²) in [7, 11) is 1.69. The molecule has 2 saturated carbocycles. The first-order valence-corrected chi connectivity index (χ1v) is 7.43. The number of hydrogen-bond donors (Lipinski definition) is 1. The predicted molar refractivity (Wildman–Crippen MR) is 77.4 cm³/mol. The summed E-state index contributed by atoms with van der Waals surface area (Å²) in [6, 6.07) is 8.37. The van der Waals surface area contributed by atoms with Gasteiger partial charge in [0.1, 0.15) is 0 Å². The molecule has 21 heavy (non-hydrogen) atoms. The van der Waals surface area contributed by atoms with Gasteiger partial charge < -0.3 is 15.0 Å². The number of benzene rings is 1. The highest BCUT2D eigenvalue weighted by molar-refractivity contribution is 5.54. The maximum atomic E-state index is 6.11. The van der Waals surface area contributed by atoms with E-state index >= 15 is 0 Å². The van der Waals surface area contributed by atoms with Crippen LogP contribution < -0.4 is 5.73 Å². The Kier molecular flexibility index (Phi) is 3.05. The molecule has 2 aliphatic carbocycles. The van der Waals surface area contributed by atoms with Gasteiger partial charge in [-0.05, 0) is 30.2 Å². The summed E-state index contributed by atoms with van der Waals surface area (Å²) >= 11 is 0. The van der Waals surface area contributed by atoms with Crippen LogP contribution in [0.2, 0.25) is 0 Å². The van der Waals surface area contributed by atoms with E-state index in [0.717, 1.165) is 23.4 Å². The molecule has 0 aliphatic heterocycles. The van der Waals surface area contributed by atoms with Crippen LogP contribution in [0.3, 0.4) is 0 Å². The van der Waals surface area contributed by atoms with Crippen molar-refractivity contribution in [1.29, 1.82) is 0 Å². The van der Waals surface area contributed by atoms with Crippen LogP contribution in [-0.4, -0.2) is 23.3 Å². The van der Waals surface area contributed by atoms with Crippen molar-refractivity contribution in [2.45, 2.75) is 31.4 Å². The first-order valence-electron chi connectivity index (χ1n) is 7.43. The second-order valence-electron chi connectivity index (χ2n) is 6.16. The summed E-state index contributed by atoms with van der Waals surface area (Å²) in [6.07, 6.45) is 2.19. The molecule has 1 heterocycles. The fourth-order valence-electron chi connectivity index (χ4n) is 3.54. The number of ether oxygens (including phenoxy) is 1. The fourth-order valence-corrected chi connectivity index (χ4v) is 3.54. The second-order valence-corrected chi connectivity index (χ2v) is 6.16. The Morgan fingerprint density at radius 1 is 1.24 bits per heavy atom. The van der Waals surface area contributed by atoms with Gasteiger partial charge in [0.25, 0.3) is 0 Å². The number of aromatic nitrogens is 2. The van der Waals surface area contributed by atoms with E-state index in [1.807, 2.05) is 24.3 Å². The summed E-state index contributed by atoms with van der Waals surface area (Å²) in [6.45, 7) is 0.612. The van der Waals surface area contributed by atoms with Gasteiger partial charge in [0.2, 0.25) is 11.7 Å². The molecule has 2 N–H and O–H groups in total. The van der Waals surface area contributed by atoms with Crippen molar-refractivity contribution in [2.24, 2.45) is 17.6 Å². The minimum atomic E-state index is 0.309. The van der Waals surface area contributed by atoms with Gasteiger partial charge in [-0.15, -0.1) is 0 Å². The van der Waals surface area contributed by atoms with Crippen LogP contribution in [0, 0.1) is 11.8 Å². The Balaban J connectivity index is 1.54. The zero-order valence-corrected chi connectivity index (χ0v) is 12.0. The highest BCUT2D eigenvalue weighted by atomic mass is 16.5. The normalized spacial score (nSPS) is 30.4. The van der Waals surface area contributed by atoms with Gasteiger partial charge in [-0.1, -0.05) is 29.4 Å². The third-order valence-corrected chi connectivity index (χ3v) is 4.77. The minimum Gasteiger partial charge on any atom is -0.380 e. The van der Waals surface area contributed by atoms with Gasteiger partial charge in [-0.25, -0.2) is 0 Å². The summed E-state index contributed by atoms with van der Waals surface area (Å²) in [4.78, 5) is 4.59. The highest BCUT2D eigenvalue weighted by Gasteiger charge is 2.55. The lowest BCUT2D eigenvalue weighted by Gasteiger charge is -2.07. The average Bonchev–Trinajstić information content (AvgIpc) is 3.02. The maximum absolute atomic E-state index is 6.11. The van der Waals surface area contributed by atoms with Crippen molar-refractivity contribution in [3.05, 3.63) is 35.7 Å². The number of rotatable bonds is 4. The molecule has 0 amide bonds. The summed E-state index contributed by atoms with van der Waals surface area (Å²) in [5, 5.41) is 4.13. The van der Waals surface area contributed by atoms with Crippen molar-refractivity contribution >= 4 is 0 Å². The second kappa shape index (κ2) is 4.93. The summed E-state index contributed by atoms with van der Waals surface area (Å²) in [5.41, 5.74) is 8.21. The molecule has 5 heteroatoms. The number of nitrogens with zero attached hydrogens (tertiary/aromatic N) is 2. The van der Waals surface area contributed by atoms with Gasteiger partial charge in [0.15, 0.2) is 0 Å². The average molecular weight is 285 g/mol. The topological polar surface area (TPSA) is 74.2 Å². The summed E-state index contributed by atoms with van der Waals surface area (Å²) < 4.78 is 10.6. The zero-order valence-electron chi connectivity index (χ0n) is 12.0. The third-order valence-electron chi connectivity index (χ3n) is 4.77. The van der Waals surface area contributed by atoms with Gasteiger partial charge >= 0.3 is 0 Å². The fraction of sp³-hybridized carbons (Fsp3) is 0.500. The van der Waals surface area contributed by atoms with Crippen LogP contribution in [0.4, 0.5) is 0 Å². The van der Waals surface area contributed by atoms with Crippen LogP contribution in [-0.2, 0) is 11.3 Å². The summed E-state index contributed by atoms with van der Waals surface area (Å²) in [5.74, 6) is 3.12. The molecule has 110 valence electrons. The molecule has 0 spiro atoms. The van der Waals surface area contributed by atoms with Crippen LogP contribution in [0.1, 0.15) is 30.2 Å². The van der Waals surface area contributed by atoms with E-state index in [4.69, 9.17) is 15.0 Å². The lowest BCUT2D eigenvalue weighted by Crippen LogP contribution is -2.19. The largest absolute Gasteiger partial charge is 0.380 e. The van der Waals surface area contributed by atoms with Crippen molar-refractivity contribution < 1.29 is 9.26 Å². The molecule has 1 aromatic carbocycles. The Morgan fingerprint density at radius 2 is 2.05 bits per heavy atom.